The third kappa shape index (κ3) is 2.44. The van der Waals surface area contributed by atoms with Crippen LogP contribution in [0.5, 0.6) is 0 Å². The predicted octanol–water partition coefficient (Wildman–Crippen LogP) is 2.83. The Morgan fingerprint density at radius 1 is 1.30 bits per heavy atom. The number of carbonyl (C=O) groups excluding carboxylic acids is 1. The van der Waals surface area contributed by atoms with Crippen LogP contribution < -0.4 is 5.32 Å². The van der Waals surface area contributed by atoms with Crippen molar-refractivity contribution in [3.8, 4) is 0 Å². The minimum absolute atomic E-state index is 0.137. The summed E-state index contributed by atoms with van der Waals surface area (Å²) >= 11 is 0. The molecule has 3 nitrogen and oxygen atoms in total. The van der Waals surface area contributed by atoms with Crippen molar-refractivity contribution in [1.29, 1.82) is 0 Å². The fourth-order valence-electron chi connectivity index (χ4n) is 3.56. The molecule has 1 saturated carbocycles. The molecular weight excluding hydrogens is 255 g/mol. The standard InChI is InChI=1S/C16H21FN2O/c1-11-5-2-3-8-14(11)19-15(20)10-18-16(19)12-6-4-7-13(17)9-12/h4,6-7,9,11,14,16,18H,2-3,5,8,10H2,1H3. The van der Waals surface area contributed by atoms with Gasteiger partial charge in [-0.05, 0) is 36.5 Å². The Hall–Kier alpha value is -1.42. The molecule has 0 bridgehead atoms. The minimum Gasteiger partial charge on any atom is -0.319 e. The third-order valence-corrected chi connectivity index (χ3v) is 4.60. The zero-order valence-corrected chi connectivity index (χ0v) is 11.8. The topological polar surface area (TPSA) is 32.3 Å². The van der Waals surface area contributed by atoms with Gasteiger partial charge in [-0.25, -0.2) is 4.39 Å². The molecule has 3 unspecified atom stereocenters. The molecule has 2 aliphatic rings. The lowest BCUT2D eigenvalue weighted by Crippen LogP contribution is -2.44. The molecule has 108 valence electrons. The first kappa shape index (κ1) is 13.6. The summed E-state index contributed by atoms with van der Waals surface area (Å²) in [7, 11) is 0. The van der Waals surface area contributed by atoms with Gasteiger partial charge in [-0.15, -0.1) is 0 Å². The monoisotopic (exact) mass is 276 g/mol. The van der Waals surface area contributed by atoms with E-state index in [0.717, 1.165) is 12.0 Å². The zero-order valence-electron chi connectivity index (χ0n) is 11.8. The van der Waals surface area contributed by atoms with Crippen molar-refractivity contribution in [1.82, 2.24) is 10.2 Å². The fourth-order valence-corrected chi connectivity index (χ4v) is 3.56. The highest BCUT2D eigenvalue weighted by Crippen LogP contribution is 2.34. The molecule has 4 heteroatoms. The summed E-state index contributed by atoms with van der Waals surface area (Å²) in [6.07, 6.45) is 4.47. The Kier molecular flexibility index (Phi) is 3.74. The summed E-state index contributed by atoms with van der Waals surface area (Å²) < 4.78 is 13.4. The molecule has 1 amide bonds. The molecule has 3 atom stereocenters. The van der Waals surface area contributed by atoms with Crippen LogP contribution in [-0.2, 0) is 4.79 Å². The smallest absolute Gasteiger partial charge is 0.238 e. The summed E-state index contributed by atoms with van der Waals surface area (Å²) in [4.78, 5) is 14.2. The van der Waals surface area contributed by atoms with Crippen molar-refractivity contribution >= 4 is 5.91 Å². The second-order valence-corrected chi connectivity index (χ2v) is 5.97. The lowest BCUT2D eigenvalue weighted by Gasteiger charge is -2.39. The first-order chi connectivity index (χ1) is 9.66. The first-order valence-corrected chi connectivity index (χ1v) is 7.47. The van der Waals surface area contributed by atoms with Crippen molar-refractivity contribution in [2.24, 2.45) is 5.92 Å². The van der Waals surface area contributed by atoms with Crippen LogP contribution in [0, 0.1) is 11.7 Å². The van der Waals surface area contributed by atoms with Gasteiger partial charge >= 0.3 is 0 Å². The van der Waals surface area contributed by atoms with Gasteiger partial charge in [0.25, 0.3) is 0 Å². The molecule has 0 radical (unpaired) electrons. The van der Waals surface area contributed by atoms with E-state index in [9.17, 15) is 9.18 Å². The lowest BCUT2D eigenvalue weighted by molar-refractivity contribution is -0.132. The maximum atomic E-state index is 13.4. The Morgan fingerprint density at radius 2 is 2.10 bits per heavy atom. The molecule has 3 rings (SSSR count). The van der Waals surface area contributed by atoms with E-state index in [0.29, 0.717) is 12.5 Å². The summed E-state index contributed by atoms with van der Waals surface area (Å²) in [5.74, 6) is 0.405. The van der Waals surface area contributed by atoms with Crippen LogP contribution in [0.1, 0.15) is 44.3 Å². The Bertz CT molecular complexity index is 505. The molecule has 20 heavy (non-hydrogen) atoms. The Labute approximate surface area is 119 Å². The molecule has 1 aromatic rings. The van der Waals surface area contributed by atoms with Gasteiger partial charge in [0.15, 0.2) is 0 Å². The highest BCUT2D eigenvalue weighted by atomic mass is 19.1. The number of nitrogens with one attached hydrogen (secondary N) is 1. The van der Waals surface area contributed by atoms with E-state index in [-0.39, 0.29) is 23.9 Å². The van der Waals surface area contributed by atoms with Crippen molar-refractivity contribution in [3.63, 3.8) is 0 Å². The second-order valence-electron chi connectivity index (χ2n) is 5.97. The minimum atomic E-state index is -0.250. The summed E-state index contributed by atoms with van der Waals surface area (Å²) in [6, 6.07) is 6.83. The number of halogens is 1. The van der Waals surface area contributed by atoms with Gasteiger partial charge < -0.3 is 4.90 Å². The average Bonchev–Trinajstić information content (AvgIpc) is 2.81. The van der Waals surface area contributed by atoms with Gasteiger partial charge in [0.1, 0.15) is 12.0 Å². The number of hydrogen-bond acceptors (Lipinski definition) is 2. The highest BCUT2D eigenvalue weighted by molar-refractivity contribution is 5.81. The van der Waals surface area contributed by atoms with Crippen LogP contribution in [0.2, 0.25) is 0 Å². The molecular formula is C16H21FN2O. The highest BCUT2D eigenvalue weighted by Gasteiger charge is 2.39. The van der Waals surface area contributed by atoms with Crippen molar-refractivity contribution in [2.75, 3.05) is 6.54 Å². The number of rotatable bonds is 2. The van der Waals surface area contributed by atoms with E-state index in [1.165, 1.54) is 31.4 Å². The largest absolute Gasteiger partial charge is 0.319 e. The molecule has 1 aliphatic carbocycles. The molecule has 1 aliphatic heterocycles. The molecule has 1 aromatic carbocycles. The maximum absolute atomic E-state index is 13.4. The van der Waals surface area contributed by atoms with Gasteiger partial charge in [0, 0.05) is 6.04 Å². The SMILES string of the molecule is CC1CCCCC1N1C(=O)CNC1c1cccc(F)c1. The average molecular weight is 276 g/mol. The van der Waals surface area contributed by atoms with Crippen LogP contribution in [0.25, 0.3) is 0 Å². The van der Waals surface area contributed by atoms with Gasteiger partial charge in [0.05, 0.1) is 6.54 Å². The molecule has 1 N–H and O–H groups in total. The molecule has 1 heterocycles. The van der Waals surface area contributed by atoms with Gasteiger partial charge in [0.2, 0.25) is 5.91 Å². The lowest BCUT2D eigenvalue weighted by atomic mass is 9.84. The van der Waals surface area contributed by atoms with E-state index < -0.39 is 0 Å². The van der Waals surface area contributed by atoms with E-state index in [4.69, 9.17) is 0 Å². The van der Waals surface area contributed by atoms with E-state index >= 15 is 0 Å². The second kappa shape index (κ2) is 5.52. The van der Waals surface area contributed by atoms with E-state index in [2.05, 4.69) is 12.2 Å². The Morgan fingerprint density at radius 3 is 2.85 bits per heavy atom. The number of benzene rings is 1. The molecule has 0 spiro atoms. The van der Waals surface area contributed by atoms with Crippen LogP contribution in [0.15, 0.2) is 24.3 Å². The van der Waals surface area contributed by atoms with Gasteiger partial charge in [-0.3, -0.25) is 10.1 Å². The molecule has 1 saturated heterocycles. The quantitative estimate of drug-likeness (QED) is 0.901. The molecule has 2 fully saturated rings. The number of hydrogen-bond donors (Lipinski definition) is 1. The van der Waals surface area contributed by atoms with Crippen LogP contribution in [0.3, 0.4) is 0 Å². The Balaban J connectivity index is 1.88. The van der Waals surface area contributed by atoms with Gasteiger partial charge in [-0.2, -0.15) is 0 Å². The van der Waals surface area contributed by atoms with Crippen molar-refractivity contribution < 1.29 is 9.18 Å². The number of nitrogens with zero attached hydrogens (tertiary/aromatic N) is 1. The number of amides is 1. The van der Waals surface area contributed by atoms with Crippen LogP contribution in [-0.4, -0.2) is 23.4 Å². The van der Waals surface area contributed by atoms with Crippen LogP contribution in [0.4, 0.5) is 4.39 Å². The maximum Gasteiger partial charge on any atom is 0.238 e. The van der Waals surface area contributed by atoms with E-state index in [1.54, 1.807) is 6.07 Å². The van der Waals surface area contributed by atoms with E-state index in [1.807, 2.05) is 11.0 Å². The third-order valence-electron chi connectivity index (χ3n) is 4.60. The summed E-state index contributed by atoms with van der Waals surface area (Å²) in [5, 5.41) is 3.23. The fraction of sp³-hybridized carbons (Fsp3) is 0.562. The molecule has 0 aromatic heterocycles. The van der Waals surface area contributed by atoms with Crippen LogP contribution >= 0.6 is 0 Å². The summed E-state index contributed by atoms with van der Waals surface area (Å²) in [6.45, 7) is 2.57. The van der Waals surface area contributed by atoms with Gasteiger partial charge in [-0.1, -0.05) is 31.9 Å². The zero-order chi connectivity index (χ0) is 14.1. The number of carbonyl (C=O) groups is 1. The normalized spacial score (nSPS) is 30.8. The van der Waals surface area contributed by atoms with Crippen molar-refractivity contribution in [2.45, 2.75) is 44.8 Å². The van der Waals surface area contributed by atoms with Crippen molar-refractivity contribution in [3.05, 3.63) is 35.6 Å². The predicted molar refractivity (Wildman–Crippen MR) is 75.4 cm³/mol. The first-order valence-electron chi connectivity index (χ1n) is 7.47. The summed E-state index contributed by atoms with van der Waals surface area (Å²) in [5.41, 5.74) is 0.841.